The highest BCUT2D eigenvalue weighted by molar-refractivity contribution is 5.68. The smallest absolute Gasteiger partial charge is 0.331 e. The summed E-state index contributed by atoms with van der Waals surface area (Å²) in [4.78, 5) is 35.0. The molecule has 0 unspecified atom stereocenters. The Balaban J connectivity index is 3.45. The lowest BCUT2D eigenvalue weighted by molar-refractivity contribution is -0.141. The van der Waals surface area contributed by atoms with Crippen LogP contribution in [0.4, 0.5) is 0 Å². The average molecular weight is 256 g/mol. The predicted octanol–water partition coefficient (Wildman–Crippen LogP) is -0.744. The van der Waals surface area contributed by atoms with Gasteiger partial charge in [-0.25, -0.2) is 4.79 Å². The van der Waals surface area contributed by atoms with Gasteiger partial charge in [-0.3, -0.25) is 18.7 Å². The Bertz CT molecular complexity index is 556. The zero-order chi connectivity index (χ0) is 13.9. The Morgan fingerprint density at radius 1 is 1.44 bits per heavy atom. The quantitative estimate of drug-likeness (QED) is 0.716. The zero-order valence-corrected chi connectivity index (χ0v) is 10.5. The number of hydrogen-bond acceptors (Lipinski definition) is 5. The van der Waals surface area contributed by atoms with Crippen LogP contribution in [-0.2, 0) is 22.7 Å². The molecule has 0 saturated carbocycles. The van der Waals surface area contributed by atoms with Crippen molar-refractivity contribution in [1.82, 2.24) is 9.13 Å². The van der Waals surface area contributed by atoms with Crippen LogP contribution in [0.5, 0.6) is 0 Å². The molecule has 7 heteroatoms. The van der Waals surface area contributed by atoms with Crippen molar-refractivity contribution in [2.24, 2.45) is 0 Å². The lowest BCUT2D eigenvalue weighted by atomic mass is 10.3. The van der Waals surface area contributed by atoms with E-state index in [0.29, 0.717) is 0 Å². The van der Waals surface area contributed by atoms with Gasteiger partial charge in [-0.15, -0.1) is 0 Å². The van der Waals surface area contributed by atoms with Crippen molar-refractivity contribution in [3.63, 3.8) is 0 Å². The molecule has 1 heterocycles. The number of methoxy groups -OCH3 is 1. The van der Waals surface area contributed by atoms with Gasteiger partial charge in [0.2, 0.25) is 0 Å². The minimum atomic E-state index is -0.602. The van der Waals surface area contributed by atoms with Crippen LogP contribution in [-0.4, -0.2) is 27.3 Å². The zero-order valence-electron chi connectivity index (χ0n) is 10.5. The highest BCUT2D eigenvalue weighted by Crippen LogP contribution is 1.98. The number of rotatable bonds is 4. The number of nitrogens with zero attached hydrogens (tertiary/aromatic N) is 2. The number of aromatic nitrogens is 2. The monoisotopic (exact) mass is 256 g/mol. The van der Waals surface area contributed by atoms with Gasteiger partial charge in [0.15, 0.2) is 0 Å². The molecular formula is C11H16N2O5. The lowest BCUT2D eigenvalue weighted by Crippen LogP contribution is -2.43. The summed E-state index contributed by atoms with van der Waals surface area (Å²) in [6.07, 6.45) is 1.18. The molecule has 0 aliphatic rings. The molecule has 0 fully saturated rings. The molecule has 0 saturated heterocycles. The van der Waals surface area contributed by atoms with E-state index in [4.69, 9.17) is 5.11 Å². The standard InChI is InChI=1S/C11H16N2O5/c1-7(2)13-10(16)8(6-14)4-12(11(13)17)5-9(15)18-3/h4,7,14H,5-6H2,1-3H3. The fourth-order valence-electron chi connectivity index (χ4n) is 1.56. The molecular weight excluding hydrogens is 240 g/mol. The lowest BCUT2D eigenvalue weighted by Gasteiger charge is -2.13. The number of aliphatic hydroxyl groups is 1. The summed E-state index contributed by atoms with van der Waals surface area (Å²) in [5.41, 5.74) is -1.08. The number of hydrogen-bond donors (Lipinski definition) is 1. The second-order valence-corrected chi connectivity index (χ2v) is 4.07. The Hall–Kier alpha value is -1.89. The van der Waals surface area contributed by atoms with Crippen molar-refractivity contribution in [2.45, 2.75) is 33.0 Å². The Kier molecular flexibility index (Phi) is 4.43. The van der Waals surface area contributed by atoms with E-state index in [1.54, 1.807) is 13.8 Å². The number of carbonyl (C=O) groups excluding carboxylic acids is 1. The molecule has 0 aliphatic heterocycles. The largest absolute Gasteiger partial charge is 0.468 e. The molecule has 18 heavy (non-hydrogen) atoms. The average Bonchev–Trinajstić information content (AvgIpc) is 2.32. The van der Waals surface area contributed by atoms with Crippen LogP contribution in [0.2, 0.25) is 0 Å². The molecule has 1 N–H and O–H groups in total. The summed E-state index contributed by atoms with van der Waals surface area (Å²) < 4.78 is 6.51. The molecule has 1 aromatic heterocycles. The van der Waals surface area contributed by atoms with Gasteiger partial charge in [0.1, 0.15) is 6.54 Å². The third-order valence-electron chi connectivity index (χ3n) is 2.47. The van der Waals surface area contributed by atoms with Gasteiger partial charge < -0.3 is 9.84 Å². The van der Waals surface area contributed by atoms with E-state index in [1.165, 1.54) is 13.3 Å². The van der Waals surface area contributed by atoms with Crippen LogP contribution in [0.15, 0.2) is 15.8 Å². The Labute approximate surface area is 103 Å². The van der Waals surface area contributed by atoms with Crippen molar-refractivity contribution < 1.29 is 14.6 Å². The third-order valence-corrected chi connectivity index (χ3v) is 2.47. The topological polar surface area (TPSA) is 90.5 Å². The summed E-state index contributed by atoms with van der Waals surface area (Å²) in [6.45, 7) is 2.56. The van der Waals surface area contributed by atoms with Gasteiger partial charge in [0, 0.05) is 12.2 Å². The van der Waals surface area contributed by atoms with E-state index in [9.17, 15) is 14.4 Å². The van der Waals surface area contributed by atoms with E-state index in [-0.39, 0.29) is 18.2 Å². The van der Waals surface area contributed by atoms with E-state index < -0.39 is 23.8 Å². The summed E-state index contributed by atoms with van der Waals surface area (Å²) >= 11 is 0. The normalized spacial score (nSPS) is 10.7. The minimum Gasteiger partial charge on any atom is -0.468 e. The Morgan fingerprint density at radius 3 is 2.50 bits per heavy atom. The van der Waals surface area contributed by atoms with E-state index in [1.807, 2.05) is 0 Å². The summed E-state index contributed by atoms with van der Waals surface area (Å²) in [6, 6.07) is -0.361. The van der Waals surface area contributed by atoms with E-state index >= 15 is 0 Å². The van der Waals surface area contributed by atoms with Crippen LogP contribution in [0.25, 0.3) is 0 Å². The molecule has 0 aromatic carbocycles. The van der Waals surface area contributed by atoms with Crippen LogP contribution in [0.1, 0.15) is 25.5 Å². The van der Waals surface area contributed by atoms with Crippen molar-refractivity contribution >= 4 is 5.97 Å². The van der Waals surface area contributed by atoms with Gasteiger partial charge >= 0.3 is 11.7 Å². The van der Waals surface area contributed by atoms with Crippen LogP contribution in [0, 0.1) is 0 Å². The maximum atomic E-state index is 12.0. The highest BCUT2D eigenvalue weighted by Gasteiger charge is 2.15. The highest BCUT2D eigenvalue weighted by atomic mass is 16.5. The first-order valence-electron chi connectivity index (χ1n) is 5.44. The molecule has 1 aromatic rings. The van der Waals surface area contributed by atoms with Crippen LogP contribution in [0.3, 0.4) is 0 Å². The SMILES string of the molecule is COC(=O)Cn1cc(CO)c(=O)n(C(C)C)c1=O. The van der Waals surface area contributed by atoms with Gasteiger partial charge in [0.05, 0.1) is 19.3 Å². The minimum absolute atomic E-state index is 0.0622. The second kappa shape index (κ2) is 5.63. The number of carbonyl (C=O) groups is 1. The van der Waals surface area contributed by atoms with Crippen LogP contribution >= 0.6 is 0 Å². The molecule has 0 radical (unpaired) electrons. The molecule has 7 nitrogen and oxygen atoms in total. The van der Waals surface area contributed by atoms with Gasteiger partial charge in [0.25, 0.3) is 5.56 Å². The number of aliphatic hydroxyl groups excluding tert-OH is 1. The first kappa shape index (κ1) is 14.2. The van der Waals surface area contributed by atoms with Crippen molar-refractivity contribution in [1.29, 1.82) is 0 Å². The van der Waals surface area contributed by atoms with E-state index in [2.05, 4.69) is 4.74 Å². The van der Waals surface area contributed by atoms with E-state index in [0.717, 1.165) is 9.13 Å². The van der Waals surface area contributed by atoms with Gasteiger partial charge in [-0.1, -0.05) is 0 Å². The second-order valence-electron chi connectivity index (χ2n) is 4.07. The molecule has 0 spiro atoms. The summed E-state index contributed by atoms with van der Waals surface area (Å²) in [5.74, 6) is -0.602. The maximum Gasteiger partial charge on any atom is 0.331 e. The molecule has 0 aliphatic carbocycles. The van der Waals surface area contributed by atoms with Crippen molar-refractivity contribution in [3.8, 4) is 0 Å². The molecule has 1 rings (SSSR count). The van der Waals surface area contributed by atoms with Crippen LogP contribution < -0.4 is 11.2 Å². The Morgan fingerprint density at radius 2 is 2.06 bits per heavy atom. The molecule has 0 atom stereocenters. The first-order valence-corrected chi connectivity index (χ1v) is 5.44. The number of ether oxygens (including phenoxy) is 1. The van der Waals surface area contributed by atoms with Gasteiger partial charge in [-0.05, 0) is 13.8 Å². The van der Waals surface area contributed by atoms with Crippen molar-refractivity contribution in [3.05, 3.63) is 32.6 Å². The summed E-state index contributed by atoms with van der Waals surface area (Å²) in [7, 11) is 1.21. The maximum absolute atomic E-state index is 12.0. The number of esters is 1. The van der Waals surface area contributed by atoms with Crippen molar-refractivity contribution in [2.75, 3.05) is 7.11 Å². The first-order chi connectivity index (χ1) is 8.42. The predicted molar refractivity (Wildman–Crippen MR) is 63.3 cm³/mol. The fourth-order valence-corrected chi connectivity index (χ4v) is 1.56. The molecule has 0 amide bonds. The van der Waals surface area contributed by atoms with Gasteiger partial charge in [-0.2, -0.15) is 0 Å². The molecule has 100 valence electrons. The molecule has 0 bridgehead atoms. The summed E-state index contributed by atoms with van der Waals surface area (Å²) in [5, 5.41) is 9.09. The fraction of sp³-hybridized carbons (Fsp3) is 0.545. The third kappa shape index (κ3) is 2.67.